The lowest BCUT2D eigenvalue weighted by Crippen LogP contribution is -2.15. The summed E-state index contributed by atoms with van der Waals surface area (Å²) >= 11 is 5.63. The molecule has 19 heavy (non-hydrogen) atoms. The van der Waals surface area contributed by atoms with Gasteiger partial charge >= 0.3 is 0 Å². The van der Waals surface area contributed by atoms with Crippen LogP contribution in [-0.2, 0) is 10.0 Å². The largest absolute Gasteiger partial charge is 0.399 e. The first kappa shape index (κ1) is 13.6. The molecule has 2 rings (SSSR count). The average Bonchev–Trinajstić information content (AvgIpc) is 2.35. The molecular formula is C11H9ClFN3O2S. The minimum absolute atomic E-state index is 0.0335. The number of nitrogens with two attached hydrogens (primary N) is 1. The summed E-state index contributed by atoms with van der Waals surface area (Å²) in [6.45, 7) is 0. The number of halogens is 2. The second-order valence-electron chi connectivity index (χ2n) is 3.66. The first-order valence-electron chi connectivity index (χ1n) is 5.08. The highest BCUT2D eigenvalue weighted by molar-refractivity contribution is 7.92. The van der Waals surface area contributed by atoms with Crippen molar-refractivity contribution in [2.75, 3.05) is 10.5 Å². The molecule has 0 saturated heterocycles. The van der Waals surface area contributed by atoms with Crippen LogP contribution in [0.25, 0.3) is 0 Å². The summed E-state index contributed by atoms with van der Waals surface area (Å²) in [5.41, 5.74) is 5.59. The van der Waals surface area contributed by atoms with Gasteiger partial charge in [-0.15, -0.1) is 0 Å². The van der Waals surface area contributed by atoms with Crippen LogP contribution in [0.2, 0.25) is 5.02 Å². The zero-order valence-electron chi connectivity index (χ0n) is 9.47. The Balaban J connectivity index is 2.37. The summed E-state index contributed by atoms with van der Waals surface area (Å²) in [6, 6.07) is 6.12. The molecule has 0 fully saturated rings. The van der Waals surface area contributed by atoms with Gasteiger partial charge in [-0.05, 0) is 30.3 Å². The Morgan fingerprint density at radius 1 is 1.26 bits per heavy atom. The number of hydrogen-bond donors (Lipinski definition) is 2. The fraction of sp³-hybridized carbons (Fsp3) is 0. The van der Waals surface area contributed by atoms with E-state index in [2.05, 4.69) is 9.71 Å². The highest BCUT2D eigenvalue weighted by Crippen LogP contribution is 2.20. The summed E-state index contributed by atoms with van der Waals surface area (Å²) in [7, 11) is -4.09. The number of rotatable bonds is 3. The van der Waals surface area contributed by atoms with E-state index in [-0.39, 0.29) is 11.5 Å². The Kier molecular flexibility index (Phi) is 3.59. The van der Waals surface area contributed by atoms with E-state index in [1.54, 1.807) is 0 Å². The third kappa shape index (κ3) is 3.12. The van der Waals surface area contributed by atoms with Crippen molar-refractivity contribution in [1.29, 1.82) is 0 Å². The van der Waals surface area contributed by atoms with E-state index in [4.69, 9.17) is 17.3 Å². The molecule has 1 heterocycles. The van der Waals surface area contributed by atoms with E-state index < -0.39 is 20.7 Å². The van der Waals surface area contributed by atoms with Gasteiger partial charge in [-0.3, -0.25) is 4.72 Å². The molecule has 0 radical (unpaired) electrons. The van der Waals surface area contributed by atoms with Crippen molar-refractivity contribution in [2.45, 2.75) is 4.90 Å². The van der Waals surface area contributed by atoms with Gasteiger partial charge in [0.1, 0.15) is 16.5 Å². The van der Waals surface area contributed by atoms with E-state index in [0.29, 0.717) is 5.02 Å². The molecule has 2 aromatic rings. The van der Waals surface area contributed by atoms with Gasteiger partial charge in [0.05, 0.1) is 5.02 Å². The van der Waals surface area contributed by atoms with Crippen molar-refractivity contribution >= 4 is 33.1 Å². The number of aromatic nitrogens is 1. The van der Waals surface area contributed by atoms with E-state index in [1.807, 2.05) is 0 Å². The Bertz CT molecular complexity index is 704. The van der Waals surface area contributed by atoms with Gasteiger partial charge in [-0.25, -0.2) is 17.8 Å². The molecule has 0 aliphatic rings. The van der Waals surface area contributed by atoms with Crippen LogP contribution in [-0.4, -0.2) is 13.4 Å². The number of anilines is 2. The molecule has 8 heteroatoms. The maximum absolute atomic E-state index is 13.5. The highest BCUT2D eigenvalue weighted by atomic mass is 35.5. The zero-order valence-corrected chi connectivity index (χ0v) is 11.0. The lowest BCUT2D eigenvalue weighted by Gasteiger charge is -2.08. The second kappa shape index (κ2) is 5.02. The summed E-state index contributed by atoms with van der Waals surface area (Å²) in [4.78, 5) is 3.23. The Hall–Kier alpha value is -1.86. The monoisotopic (exact) mass is 301 g/mol. The summed E-state index contributed by atoms with van der Waals surface area (Å²) in [5, 5.41) is 0.359. The molecule has 1 aromatic heterocycles. The third-order valence-electron chi connectivity index (χ3n) is 2.21. The minimum Gasteiger partial charge on any atom is -0.399 e. The van der Waals surface area contributed by atoms with E-state index in [0.717, 1.165) is 12.1 Å². The molecular weight excluding hydrogens is 293 g/mol. The van der Waals surface area contributed by atoms with Crippen molar-refractivity contribution in [2.24, 2.45) is 0 Å². The molecule has 3 N–H and O–H groups in total. The normalized spacial score (nSPS) is 11.3. The van der Waals surface area contributed by atoms with Gasteiger partial charge in [0.15, 0.2) is 0 Å². The fourth-order valence-corrected chi connectivity index (χ4v) is 2.59. The number of nitrogens with one attached hydrogen (secondary N) is 1. The Morgan fingerprint density at radius 2 is 2.00 bits per heavy atom. The summed E-state index contributed by atoms with van der Waals surface area (Å²) < 4.78 is 39.6. The molecule has 0 spiro atoms. The molecule has 0 atom stereocenters. The van der Waals surface area contributed by atoms with E-state index in [1.165, 1.54) is 24.4 Å². The number of hydrogen-bond acceptors (Lipinski definition) is 4. The predicted molar refractivity (Wildman–Crippen MR) is 70.9 cm³/mol. The van der Waals surface area contributed by atoms with E-state index >= 15 is 0 Å². The minimum atomic E-state index is -4.09. The SMILES string of the molecule is Nc1ccc(F)c(S(=O)(=O)Nc2ccc(Cl)cn2)c1. The lowest BCUT2D eigenvalue weighted by molar-refractivity contribution is 0.570. The molecule has 100 valence electrons. The van der Waals surface area contributed by atoms with Gasteiger partial charge in [0.25, 0.3) is 10.0 Å². The lowest BCUT2D eigenvalue weighted by atomic mass is 10.3. The molecule has 0 bridgehead atoms. The summed E-state index contributed by atoms with van der Waals surface area (Å²) in [5.74, 6) is -0.859. The van der Waals surface area contributed by atoms with Gasteiger partial charge in [0, 0.05) is 11.9 Å². The molecule has 0 saturated carbocycles. The first-order chi connectivity index (χ1) is 8.88. The average molecular weight is 302 g/mol. The molecule has 0 aliphatic heterocycles. The molecule has 0 aliphatic carbocycles. The van der Waals surface area contributed by atoms with Crippen LogP contribution in [0.1, 0.15) is 0 Å². The Morgan fingerprint density at radius 3 is 2.63 bits per heavy atom. The maximum atomic E-state index is 13.5. The quantitative estimate of drug-likeness (QED) is 0.852. The van der Waals surface area contributed by atoms with Crippen molar-refractivity contribution in [3.63, 3.8) is 0 Å². The summed E-state index contributed by atoms with van der Waals surface area (Å²) in [6.07, 6.45) is 1.27. The van der Waals surface area contributed by atoms with Crippen LogP contribution in [0, 0.1) is 5.82 Å². The molecule has 0 unspecified atom stereocenters. The van der Waals surface area contributed by atoms with Crippen LogP contribution in [0.5, 0.6) is 0 Å². The number of pyridine rings is 1. The van der Waals surface area contributed by atoms with Crippen LogP contribution >= 0.6 is 11.6 Å². The molecule has 1 aromatic carbocycles. The van der Waals surface area contributed by atoms with Crippen molar-refractivity contribution in [3.05, 3.63) is 47.4 Å². The third-order valence-corrected chi connectivity index (χ3v) is 3.80. The number of nitrogens with zero attached hydrogens (tertiary/aromatic N) is 1. The number of nitrogen functional groups attached to an aromatic ring is 1. The van der Waals surface area contributed by atoms with Crippen LogP contribution < -0.4 is 10.5 Å². The number of sulfonamides is 1. The van der Waals surface area contributed by atoms with Crippen LogP contribution in [0.4, 0.5) is 15.9 Å². The highest BCUT2D eigenvalue weighted by Gasteiger charge is 2.19. The van der Waals surface area contributed by atoms with Gasteiger partial charge in [-0.2, -0.15) is 0 Å². The van der Waals surface area contributed by atoms with Gasteiger partial charge in [0.2, 0.25) is 0 Å². The van der Waals surface area contributed by atoms with Crippen molar-refractivity contribution in [1.82, 2.24) is 4.98 Å². The topological polar surface area (TPSA) is 85.1 Å². The second-order valence-corrected chi connectivity index (χ2v) is 5.74. The van der Waals surface area contributed by atoms with Gasteiger partial charge < -0.3 is 5.73 Å². The number of benzene rings is 1. The maximum Gasteiger partial charge on any atom is 0.266 e. The predicted octanol–water partition coefficient (Wildman–Crippen LogP) is 2.26. The molecule has 0 amide bonds. The van der Waals surface area contributed by atoms with Crippen LogP contribution in [0.3, 0.4) is 0 Å². The molecule has 5 nitrogen and oxygen atoms in total. The fourth-order valence-electron chi connectivity index (χ4n) is 1.35. The Labute approximate surface area is 114 Å². The standard InChI is InChI=1S/C11H9ClFN3O2S/c12-7-1-4-11(15-6-7)16-19(17,18)10-5-8(14)2-3-9(10)13/h1-6H,14H2,(H,15,16). The first-order valence-corrected chi connectivity index (χ1v) is 6.94. The van der Waals surface area contributed by atoms with E-state index in [9.17, 15) is 12.8 Å². The van der Waals surface area contributed by atoms with Crippen molar-refractivity contribution < 1.29 is 12.8 Å². The van der Waals surface area contributed by atoms with Crippen LogP contribution in [0.15, 0.2) is 41.4 Å². The van der Waals surface area contributed by atoms with Crippen molar-refractivity contribution in [3.8, 4) is 0 Å². The zero-order chi connectivity index (χ0) is 14.0. The van der Waals surface area contributed by atoms with Gasteiger partial charge in [-0.1, -0.05) is 11.6 Å². The smallest absolute Gasteiger partial charge is 0.266 e.